The van der Waals surface area contributed by atoms with Crippen LogP contribution in [0.25, 0.3) is 0 Å². The Kier molecular flexibility index (Phi) is 4.62. The van der Waals surface area contributed by atoms with Crippen LogP contribution in [-0.4, -0.2) is 15.2 Å². The molecular weight excluding hydrogens is 322 g/mol. The first kappa shape index (κ1) is 16.2. The second-order valence-corrected chi connectivity index (χ2v) is 6.10. The minimum Gasteiger partial charge on any atom is -0.339 e. The van der Waals surface area contributed by atoms with Crippen LogP contribution in [0.4, 0.5) is 23.1 Å². The van der Waals surface area contributed by atoms with E-state index in [0.29, 0.717) is 16.8 Å². The maximum Gasteiger partial charge on any atom is 0.249 e. The van der Waals surface area contributed by atoms with Gasteiger partial charge < -0.3 is 10.6 Å². The number of anilines is 4. The molecule has 0 spiro atoms. The highest BCUT2D eigenvalue weighted by Gasteiger charge is 2.05. The van der Waals surface area contributed by atoms with Crippen molar-refractivity contribution >= 4 is 34.7 Å². The number of rotatable bonds is 4. The zero-order chi connectivity index (χ0) is 17.1. The van der Waals surface area contributed by atoms with Gasteiger partial charge in [0.2, 0.25) is 5.95 Å². The first-order chi connectivity index (χ1) is 11.5. The van der Waals surface area contributed by atoms with Gasteiger partial charge in [0.25, 0.3) is 0 Å². The fourth-order valence-electron chi connectivity index (χ4n) is 2.23. The number of benzene rings is 2. The highest BCUT2D eigenvalue weighted by atomic mass is 35.5. The highest BCUT2D eigenvalue weighted by Crippen LogP contribution is 2.23. The van der Waals surface area contributed by atoms with Gasteiger partial charge in [-0.2, -0.15) is 10.1 Å². The van der Waals surface area contributed by atoms with E-state index in [2.05, 4.69) is 44.0 Å². The Balaban J connectivity index is 1.81. The van der Waals surface area contributed by atoms with E-state index in [1.165, 1.54) is 5.56 Å². The topological polar surface area (TPSA) is 62.7 Å². The number of hydrogen-bond donors (Lipinski definition) is 2. The molecule has 0 saturated carbocycles. The van der Waals surface area contributed by atoms with Crippen molar-refractivity contribution in [3.63, 3.8) is 0 Å². The molecule has 0 unspecified atom stereocenters. The van der Waals surface area contributed by atoms with E-state index >= 15 is 0 Å². The summed E-state index contributed by atoms with van der Waals surface area (Å²) >= 11 is 6.15. The zero-order valence-electron chi connectivity index (χ0n) is 13.8. The van der Waals surface area contributed by atoms with Gasteiger partial charge in [0.05, 0.1) is 6.20 Å². The monoisotopic (exact) mass is 339 g/mol. The molecule has 0 fully saturated rings. The molecular formula is C18H18ClN5. The van der Waals surface area contributed by atoms with Crippen LogP contribution < -0.4 is 10.6 Å². The molecule has 0 aliphatic rings. The summed E-state index contributed by atoms with van der Waals surface area (Å²) in [6.45, 7) is 6.04. The van der Waals surface area contributed by atoms with Gasteiger partial charge >= 0.3 is 0 Å². The normalized spacial score (nSPS) is 10.5. The SMILES string of the molecule is Cc1ccc(C)c(Nc2nncc(Nc3ccc(C)c(Cl)c3)n2)c1. The van der Waals surface area contributed by atoms with Crippen LogP contribution in [0.2, 0.25) is 5.02 Å². The van der Waals surface area contributed by atoms with Gasteiger partial charge in [0.1, 0.15) is 0 Å². The molecule has 0 radical (unpaired) electrons. The molecule has 0 amide bonds. The third-order valence-corrected chi connectivity index (χ3v) is 4.05. The van der Waals surface area contributed by atoms with Crippen molar-refractivity contribution in [3.8, 4) is 0 Å². The number of nitrogens with one attached hydrogen (secondary N) is 2. The van der Waals surface area contributed by atoms with Crippen LogP contribution in [0.15, 0.2) is 42.6 Å². The lowest BCUT2D eigenvalue weighted by Gasteiger charge is -2.10. The van der Waals surface area contributed by atoms with Crippen molar-refractivity contribution in [2.45, 2.75) is 20.8 Å². The molecule has 0 bridgehead atoms. The summed E-state index contributed by atoms with van der Waals surface area (Å²) in [5.41, 5.74) is 5.13. The summed E-state index contributed by atoms with van der Waals surface area (Å²) in [6, 6.07) is 11.9. The van der Waals surface area contributed by atoms with Gasteiger partial charge in [-0.3, -0.25) is 0 Å². The van der Waals surface area contributed by atoms with E-state index < -0.39 is 0 Å². The summed E-state index contributed by atoms with van der Waals surface area (Å²) in [5.74, 6) is 1.03. The van der Waals surface area contributed by atoms with E-state index in [-0.39, 0.29) is 0 Å². The zero-order valence-corrected chi connectivity index (χ0v) is 14.5. The molecule has 2 N–H and O–H groups in total. The van der Waals surface area contributed by atoms with Crippen LogP contribution in [-0.2, 0) is 0 Å². The van der Waals surface area contributed by atoms with Gasteiger partial charge in [-0.15, -0.1) is 5.10 Å². The lowest BCUT2D eigenvalue weighted by Crippen LogP contribution is -2.03. The van der Waals surface area contributed by atoms with Crippen LogP contribution >= 0.6 is 11.6 Å². The molecule has 1 aromatic heterocycles. The number of aryl methyl sites for hydroxylation is 3. The Bertz CT molecular complexity index is 879. The third-order valence-electron chi connectivity index (χ3n) is 3.64. The van der Waals surface area contributed by atoms with Crippen molar-refractivity contribution in [2.24, 2.45) is 0 Å². The summed E-state index contributed by atoms with van der Waals surface area (Å²) in [6.07, 6.45) is 1.57. The molecule has 3 rings (SSSR count). The van der Waals surface area contributed by atoms with Gasteiger partial charge in [-0.25, -0.2) is 0 Å². The van der Waals surface area contributed by atoms with E-state index in [1.807, 2.05) is 39.0 Å². The Morgan fingerprint density at radius 1 is 0.917 bits per heavy atom. The number of halogens is 1. The van der Waals surface area contributed by atoms with Crippen LogP contribution in [0.1, 0.15) is 16.7 Å². The number of hydrogen-bond acceptors (Lipinski definition) is 5. The van der Waals surface area contributed by atoms with Crippen molar-refractivity contribution in [1.82, 2.24) is 15.2 Å². The smallest absolute Gasteiger partial charge is 0.249 e. The summed E-state index contributed by atoms with van der Waals surface area (Å²) in [5, 5.41) is 15.1. The van der Waals surface area contributed by atoms with Gasteiger partial charge in [0, 0.05) is 16.4 Å². The van der Waals surface area contributed by atoms with Crippen LogP contribution in [0.5, 0.6) is 0 Å². The average molecular weight is 340 g/mol. The Hall–Kier alpha value is -2.66. The predicted octanol–water partition coefficient (Wildman–Crippen LogP) is 4.94. The maximum absolute atomic E-state index is 6.15. The van der Waals surface area contributed by atoms with Crippen molar-refractivity contribution in [1.29, 1.82) is 0 Å². The van der Waals surface area contributed by atoms with Gasteiger partial charge in [0.15, 0.2) is 5.82 Å². The summed E-state index contributed by atoms with van der Waals surface area (Å²) in [4.78, 5) is 4.45. The minimum atomic E-state index is 0.437. The molecule has 1 heterocycles. The molecule has 0 saturated heterocycles. The average Bonchev–Trinajstić information content (AvgIpc) is 2.55. The van der Waals surface area contributed by atoms with Gasteiger partial charge in [-0.1, -0.05) is 29.8 Å². The summed E-state index contributed by atoms with van der Waals surface area (Å²) < 4.78 is 0. The number of nitrogens with zero attached hydrogens (tertiary/aromatic N) is 3. The molecule has 2 aromatic carbocycles. The largest absolute Gasteiger partial charge is 0.339 e. The Morgan fingerprint density at radius 3 is 2.50 bits per heavy atom. The standard InChI is InChI=1S/C18H18ClN5/c1-11-4-5-13(3)16(8-11)22-18-23-17(10-20-24-18)21-14-7-6-12(2)15(19)9-14/h4-10H,1-3H3,(H2,21,22,23,24). The first-order valence-electron chi connectivity index (χ1n) is 7.58. The second-order valence-electron chi connectivity index (χ2n) is 5.70. The lowest BCUT2D eigenvalue weighted by atomic mass is 10.1. The Morgan fingerprint density at radius 2 is 1.71 bits per heavy atom. The van der Waals surface area contributed by atoms with E-state index in [1.54, 1.807) is 6.20 Å². The molecule has 122 valence electrons. The first-order valence-corrected chi connectivity index (χ1v) is 7.96. The van der Waals surface area contributed by atoms with Crippen molar-refractivity contribution < 1.29 is 0 Å². The predicted molar refractivity (Wildman–Crippen MR) is 98.5 cm³/mol. The maximum atomic E-state index is 6.15. The molecule has 3 aromatic rings. The number of aromatic nitrogens is 3. The molecule has 6 heteroatoms. The fraction of sp³-hybridized carbons (Fsp3) is 0.167. The molecule has 0 aliphatic carbocycles. The van der Waals surface area contributed by atoms with E-state index in [9.17, 15) is 0 Å². The van der Waals surface area contributed by atoms with Gasteiger partial charge in [-0.05, 0) is 55.7 Å². The molecule has 24 heavy (non-hydrogen) atoms. The quantitative estimate of drug-likeness (QED) is 0.705. The second kappa shape index (κ2) is 6.84. The molecule has 0 aliphatic heterocycles. The van der Waals surface area contributed by atoms with Crippen molar-refractivity contribution in [2.75, 3.05) is 10.6 Å². The third kappa shape index (κ3) is 3.81. The van der Waals surface area contributed by atoms with Crippen LogP contribution in [0.3, 0.4) is 0 Å². The molecule has 0 atom stereocenters. The van der Waals surface area contributed by atoms with Crippen LogP contribution in [0, 0.1) is 20.8 Å². The van der Waals surface area contributed by atoms with E-state index in [0.717, 1.165) is 22.5 Å². The fourth-order valence-corrected chi connectivity index (χ4v) is 2.41. The lowest BCUT2D eigenvalue weighted by molar-refractivity contribution is 0.981. The minimum absolute atomic E-state index is 0.437. The Labute approximate surface area is 146 Å². The van der Waals surface area contributed by atoms with Crippen molar-refractivity contribution in [3.05, 3.63) is 64.3 Å². The molecule has 5 nitrogen and oxygen atoms in total. The highest BCUT2D eigenvalue weighted by molar-refractivity contribution is 6.31. The van der Waals surface area contributed by atoms with E-state index in [4.69, 9.17) is 11.6 Å². The summed E-state index contributed by atoms with van der Waals surface area (Å²) in [7, 11) is 0.